The number of carbonyl (C=O) groups excluding carboxylic acids is 1. The van der Waals surface area contributed by atoms with Gasteiger partial charge in [0.05, 0.1) is 11.6 Å². The van der Waals surface area contributed by atoms with Crippen molar-refractivity contribution in [2.24, 2.45) is 10.9 Å². The molecule has 0 saturated heterocycles. The van der Waals surface area contributed by atoms with Gasteiger partial charge in [0.2, 0.25) is 5.90 Å². The third-order valence-corrected chi connectivity index (χ3v) is 4.92. The quantitative estimate of drug-likeness (QED) is 0.569. The lowest BCUT2D eigenvalue weighted by atomic mass is 10.0. The molecule has 8 heteroatoms. The van der Waals surface area contributed by atoms with Crippen molar-refractivity contribution in [1.82, 2.24) is 10.2 Å². The van der Waals surface area contributed by atoms with Gasteiger partial charge < -0.3 is 20.3 Å². The molecule has 1 aliphatic rings. The molecule has 0 aliphatic carbocycles. The summed E-state index contributed by atoms with van der Waals surface area (Å²) < 4.78 is 5.55. The number of hydrogen-bond donors (Lipinski definition) is 3. The van der Waals surface area contributed by atoms with E-state index in [1.165, 1.54) is 0 Å². The number of urea groups is 1. The monoisotopic (exact) mass is 419 g/mol. The van der Waals surface area contributed by atoms with Crippen molar-refractivity contribution >= 4 is 18.0 Å². The Balaban J connectivity index is 2.14. The van der Waals surface area contributed by atoms with Crippen LogP contribution in [0, 0.1) is 5.92 Å². The standard InChI is InChI=1S/C22H33N3O5/c1-15(2)12-13-25(21(28)29)20(27)23-17(11-10-16-8-6-5-7-9-16)18(26)19-24-22(3,4)14-30-19/h5-9,15,17-18,26H,10-14H2,1-4H3,(H,23,27)(H,28,29)/t17-,18?/m0/s1. The molecule has 1 aliphatic heterocycles. The second-order valence-corrected chi connectivity index (χ2v) is 8.69. The van der Waals surface area contributed by atoms with E-state index in [0.717, 1.165) is 10.5 Å². The first-order chi connectivity index (χ1) is 14.1. The van der Waals surface area contributed by atoms with Crippen LogP contribution in [0.1, 0.15) is 46.1 Å². The first-order valence-electron chi connectivity index (χ1n) is 10.3. The number of carbonyl (C=O) groups is 2. The van der Waals surface area contributed by atoms with Gasteiger partial charge in [-0.05, 0) is 44.6 Å². The maximum atomic E-state index is 12.7. The van der Waals surface area contributed by atoms with Gasteiger partial charge in [-0.2, -0.15) is 0 Å². The highest BCUT2D eigenvalue weighted by atomic mass is 16.5. The van der Waals surface area contributed by atoms with Crippen molar-refractivity contribution in [3.8, 4) is 0 Å². The summed E-state index contributed by atoms with van der Waals surface area (Å²) in [6.07, 6.45) is -0.933. The fourth-order valence-corrected chi connectivity index (χ4v) is 3.12. The molecular formula is C22H33N3O5. The van der Waals surface area contributed by atoms with Gasteiger partial charge >= 0.3 is 12.1 Å². The Kier molecular flexibility index (Phi) is 8.23. The fourth-order valence-electron chi connectivity index (χ4n) is 3.12. The number of aliphatic hydroxyl groups is 1. The van der Waals surface area contributed by atoms with Crippen LogP contribution < -0.4 is 5.32 Å². The smallest absolute Gasteiger partial charge is 0.415 e. The van der Waals surface area contributed by atoms with Crippen molar-refractivity contribution in [1.29, 1.82) is 0 Å². The van der Waals surface area contributed by atoms with Gasteiger partial charge in [0.1, 0.15) is 12.7 Å². The summed E-state index contributed by atoms with van der Waals surface area (Å²) in [5.74, 6) is 0.421. The molecule has 3 N–H and O–H groups in total. The second-order valence-electron chi connectivity index (χ2n) is 8.69. The molecule has 3 amide bonds. The number of aliphatic hydroxyl groups excluding tert-OH is 1. The van der Waals surface area contributed by atoms with Crippen LogP contribution >= 0.6 is 0 Å². The van der Waals surface area contributed by atoms with Crippen LogP contribution in [0.15, 0.2) is 35.3 Å². The highest BCUT2D eigenvalue weighted by molar-refractivity contribution is 5.91. The molecule has 1 unspecified atom stereocenters. The Labute approximate surface area is 177 Å². The number of rotatable bonds is 9. The van der Waals surface area contributed by atoms with E-state index in [0.29, 0.717) is 25.9 Å². The van der Waals surface area contributed by atoms with E-state index in [4.69, 9.17) is 4.74 Å². The number of ether oxygens (including phenoxy) is 1. The summed E-state index contributed by atoms with van der Waals surface area (Å²) >= 11 is 0. The summed E-state index contributed by atoms with van der Waals surface area (Å²) in [7, 11) is 0. The van der Waals surface area contributed by atoms with Gasteiger partial charge in [-0.15, -0.1) is 0 Å². The third-order valence-electron chi connectivity index (χ3n) is 4.92. The molecule has 2 rings (SSSR count). The largest absolute Gasteiger partial charge is 0.476 e. The van der Waals surface area contributed by atoms with E-state index < -0.39 is 29.8 Å². The molecule has 2 atom stereocenters. The average Bonchev–Trinajstić information content (AvgIpc) is 3.04. The highest BCUT2D eigenvalue weighted by Gasteiger charge is 2.35. The first-order valence-corrected chi connectivity index (χ1v) is 10.3. The molecule has 1 heterocycles. The SMILES string of the molecule is CC(C)CCN(C(=O)O)C(=O)N[C@@H](CCc1ccccc1)C(O)C1=NC(C)(C)CO1. The third kappa shape index (κ3) is 7.02. The molecule has 0 aromatic heterocycles. The van der Waals surface area contributed by atoms with E-state index in [1.54, 1.807) is 0 Å². The lowest BCUT2D eigenvalue weighted by molar-refractivity contribution is 0.129. The molecular weight excluding hydrogens is 386 g/mol. The maximum Gasteiger partial charge on any atom is 0.415 e. The van der Waals surface area contributed by atoms with E-state index in [9.17, 15) is 19.8 Å². The van der Waals surface area contributed by atoms with Crippen molar-refractivity contribution < 1.29 is 24.5 Å². The second kappa shape index (κ2) is 10.4. The van der Waals surface area contributed by atoms with Gasteiger partial charge in [-0.3, -0.25) is 0 Å². The predicted molar refractivity (Wildman–Crippen MR) is 115 cm³/mol. The van der Waals surface area contributed by atoms with Gasteiger partial charge in [-0.25, -0.2) is 19.5 Å². The lowest BCUT2D eigenvalue weighted by Crippen LogP contribution is -2.53. The lowest BCUT2D eigenvalue weighted by Gasteiger charge is -2.27. The number of nitrogens with zero attached hydrogens (tertiary/aromatic N) is 2. The van der Waals surface area contributed by atoms with Crippen molar-refractivity contribution in [2.75, 3.05) is 13.2 Å². The summed E-state index contributed by atoms with van der Waals surface area (Å²) in [4.78, 5) is 29.4. The molecule has 166 valence electrons. The zero-order chi connectivity index (χ0) is 22.3. The normalized spacial score (nSPS) is 17.1. The number of aliphatic imine (C=N–C) groups is 1. The number of imide groups is 1. The number of nitrogens with one attached hydrogen (secondary N) is 1. The molecule has 0 radical (unpaired) electrons. The number of benzene rings is 1. The van der Waals surface area contributed by atoms with E-state index >= 15 is 0 Å². The molecule has 1 aromatic carbocycles. The summed E-state index contributed by atoms with van der Waals surface area (Å²) in [6.45, 7) is 8.13. The Bertz CT molecular complexity index is 748. The van der Waals surface area contributed by atoms with Gasteiger partial charge in [0.25, 0.3) is 0 Å². The highest BCUT2D eigenvalue weighted by Crippen LogP contribution is 2.21. The summed E-state index contributed by atoms with van der Waals surface area (Å²) in [5.41, 5.74) is 0.600. The number of carboxylic acid groups (broad SMARTS) is 1. The number of aryl methyl sites for hydroxylation is 1. The van der Waals surface area contributed by atoms with Gasteiger partial charge in [0.15, 0.2) is 0 Å². The van der Waals surface area contributed by atoms with Crippen LogP contribution in [-0.4, -0.2) is 64.0 Å². The van der Waals surface area contributed by atoms with Crippen LogP contribution in [0.5, 0.6) is 0 Å². The average molecular weight is 420 g/mol. The van der Waals surface area contributed by atoms with Crippen LogP contribution in [0.25, 0.3) is 0 Å². The van der Waals surface area contributed by atoms with E-state index in [-0.39, 0.29) is 18.4 Å². The minimum atomic E-state index is -1.32. The zero-order valence-electron chi connectivity index (χ0n) is 18.2. The zero-order valence-corrected chi connectivity index (χ0v) is 18.2. The summed E-state index contributed by atoms with van der Waals surface area (Å²) in [5, 5.41) is 23.0. The molecule has 0 bridgehead atoms. The molecule has 0 saturated carbocycles. The van der Waals surface area contributed by atoms with Gasteiger partial charge in [0, 0.05) is 6.54 Å². The first kappa shape index (κ1) is 23.7. The Morgan fingerprint density at radius 1 is 1.23 bits per heavy atom. The van der Waals surface area contributed by atoms with Crippen molar-refractivity contribution in [3.05, 3.63) is 35.9 Å². The Morgan fingerprint density at radius 2 is 1.90 bits per heavy atom. The summed E-state index contributed by atoms with van der Waals surface area (Å²) in [6, 6.07) is 8.19. The van der Waals surface area contributed by atoms with E-state index in [2.05, 4.69) is 10.3 Å². The van der Waals surface area contributed by atoms with Crippen LogP contribution in [-0.2, 0) is 11.2 Å². The maximum absolute atomic E-state index is 12.7. The van der Waals surface area contributed by atoms with Crippen LogP contribution in [0.2, 0.25) is 0 Å². The molecule has 30 heavy (non-hydrogen) atoms. The minimum Gasteiger partial charge on any atom is -0.476 e. The number of hydrogen-bond acceptors (Lipinski definition) is 5. The van der Waals surface area contributed by atoms with Gasteiger partial charge in [-0.1, -0.05) is 44.2 Å². The molecule has 0 spiro atoms. The van der Waals surface area contributed by atoms with Crippen LogP contribution in [0.3, 0.4) is 0 Å². The molecule has 8 nitrogen and oxygen atoms in total. The predicted octanol–water partition coefficient (Wildman–Crippen LogP) is 3.29. The topological polar surface area (TPSA) is 111 Å². The van der Waals surface area contributed by atoms with Crippen molar-refractivity contribution in [3.63, 3.8) is 0 Å². The Hall–Kier alpha value is -2.61. The number of amides is 3. The fraction of sp³-hybridized carbons (Fsp3) is 0.591. The van der Waals surface area contributed by atoms with Crippen molar-refractivity contribution in [2.45, 2.75) is 64.6 Å². The van der Waals surface area contributed by atoms with Crippen LogP contribution in [0.4, 0.5) is 9.59 Å². The minimum absolute atomic E-state index is 0.0881. The molecule has 0 fully saturated rings. The Morgan fingerprint density at radius 3 is 2.43 bits per heavy atom. The van der Waals surface area contributed by atoms with E-state index in [1.807, 2.05) is 58.0 Å². The molecule has 1 aromatic rings.